The van der Waals surface area contributed by atoms with Crippen molar-refractivity contribution in [3.05, 3.63) is 77.7 Å². The van der Waals surface area contributed by atoms with Gasteiger partial charge in [-0.3, -0.25) is 4.68 Å². The molecule has 0 spiro atoms. The number of aromatic nitrogens is 3. The number of rotatable bonds is 2. The average molecular weight is 325 g/mol. The minimum absolute atomic E-state index is 0.784. The average Bonchev–Trinajstić information content (AvgIpc) is 3.24. The van der Waals surface area contributed by atoms with Crippen LogP contribution in [-0.2, 0) is 13.5 Å². The van der Waals surface area contributed by atoms with Gasteiger partial charge in [0.15, 0.2) is 0 Å². The highest BCUT2D eigenvalue weighted by Crippen LogP contribution is 2.34. The molecular formula is C22H19N3. The molecule has 0 amide bonds. The van der Waals surface area contributed by atoms with E-state index >= 15 is 0 Å². The van der Waals surface area contributed by atoms with Crippen LogP contribution in [-0.4, -0.2) is 14.8 Å². The van der Waals surface area contributed by atoms with Gasteiger partial charge in [-0.05, 0) is 36.1 Å². The lowest BCUT2D eigenvalue weighted by Crippen LogP contribution is -1.87. The number of nitrogens with one attached hydrogen (secondary N) is 1. The normalized spacial score (nSPS) is 10.6. The molecule has 0 bridgehead atoms. The van der Waals surface area contributed by atoms with Gasteiger partial charge in [-0.25, -0.2) is 0 Å². The van der Waals surface area contributed by atoms with Crippen molar-refractivity contribution in [1.82, 2.24) is 14.8 Å². The molecule has 0 saturated carbocycles. The van der Waals surface area contributed by atoms with Gasteiger partial charge in [0.25, 0.3) is 0 Å². The van der Waals surface area contributed by atoms with Crippen LogP contribution < -0.4 is 0 Å². The maximum atomic E-state index is 4.34. The van der Waals surface area contributed by atoms with Gasteiger partial charge in [0, 0.05) is 41.0 Å². The van der Waals surface area contributed by atoms with Crippen molar-refractivity contribution in [3.63, 3.8) is 0 Å². The minimum Gasteiger partial charge on any atom is -0.358 e. The van der Waals surface area contributed by atoms with E-state index in [9.17, 15) is 0 Å². The molecule has 0 aliphatic heterocycles. The fourth-order valence-electron chi connectivity index (χ4n) is 3.21. The van der Waals surface area contributed by atoms with Crippen LogP contribution in [0.4, 0.5) is 0 Å². The van der Waals surface area contributed by atoms with Crippen molar-refractivity contribution >= 4 is 10.9 Å². The number of hydrogen-bond acceptors (Lipinski definition) is 1. The molecule has 2 aromatic carbocycles. The first-order valence-electron chi connectivity index (χ1n) is 8.47. The standard InChI is InChI=1S/C22H19N3/c1-3-19-21(16-8-5-4-6-9-16)22-17(10-7-11-20(22)23-19)12-13-18-14-15-25(2)24-18/h4-11,14-15,23H,3H2,1-2H3. The van der Waals surface area contributed by atoms with Crippen LogP contribution in [0, 0.1) is 11.8 Å². The molecule has 25 heavy (non-hydrogen) atoms. The minimum atomic E-state index is 0.784. The fourth-order valence-corrected chi connectivity index (χ4v) is 3.21. The van der Waals surface area contributed by atoms with Crippen molar-refractivity contribution < 1.29 is 0 Å². The second kappa shape index (κ2) is 6.33. The Morgan fingerprint density at radius 3 is 2.56 bits per heavy atom. The Morgan fingerprint density at radius 1 is 1.00 bits per heavy atom. The van der Waals surface area contributed by atoms with Crippen molar-refractivity contribution in [2.75, 3.05) is 0 Å². The SMILES string of the molecule is CCc1[nH]c2cccc(C#Cc3ccn(C)n3)c2c1-c1ccccc1. The Kier molecular flexibility index (Phi) is 3.87. The van der Waals surface area contributed by atoms with Gasteiger partial charge in [0.1, 0.15) is 5.69 Å². The van der Waals surface area contributed by atoms with Gasteiger partial charge in [0.05, 0.1) is 0 Å². The maximum Gasteiger partial charge on any atom is 0.135 e. The quantitative estimate of drug-likeness (QED) is 0.540. The number of aryl methyl sites for hydroxylation is 2. The summed E-state index contributed by atoms with van der Waals surface area (Å²) in [6.45, 7) is 2.18. The predicted molar refractivity (Wildman–Crippen MR) is 102 cm³/mol. The first-order valence-corrected chi connectivity index (χ1v) is 8.47. The third-order valence-electron chi connectivity index (χ3n) is 4.36. The summed E-state index contributed by atoms with van der Waals surface area (Å²) in [6, 6.07) is 18.7. The van der Waals surface area contributed by atoms with Crippen LogP contribution in [0.15, 0.2) is 60.8 Å². The molecular weight excluding hydrogens is 306 g/mol. The maximum absolute atomic E-state index is 4.34. The van der Waals surface area contributed by atoms with E-state index in [4.69, 9.17) is 0 Å². The molecule has 0 radical (unpaired) electrons. The van der Waals surface area contributed by atoms with E-state index in [-0.39, 0.29) is 0 Å². The molecule has 1 N–H and O–H groups in total. The summed E-state index contributed by atoms with van der Waals surface area (Å²) in [5, 5.41) is 5.53. The van der Waals surface area contributed by atoms with E-state index in [0.29, 0.717) is 0 Å². The highest BCUT2D eigenvalue weighted by molar-refractivity contribution is 6.01. The van der Waals surface area contributed by atoms with E-state index in [1.165, 1.54) is 22.2 Å². The van der Waals surface area contributed by atoms with Crippen LogP contribution in [0.25, 0.3) is 22.0 Å². The number of hydrogen-bond donors (Lipinski definition) is 1. The van der Waals surface area contributed by atoms with Crippen LogP contribution in [0.2, 0.25) is 0 Å². The second-order valence-electron chi connectivity index (χ2n) is 6.05. The first-order chi connectivity index (χ1) is 12.3. The molecule has 0 atom stereocenters. The summed E-state index contributed by atoms with van der Waals surface area (Å²) in [5.41, 5.74) is 6.66. The number of fused-ring (bicyclic) bond motifs is 1. The van der Waals surface area contributed by atoms with Gasteiger partial charge in [0.2, 0.25) is 0 Å². The Balaban J connectivity index is 1.94. The Bertz CT molecular complexity index is 1090. The molecule has 4 rings (SSSR count). The third kappa shape index (κ3) is 2.83. The number of nitrogens with zero attached hydrogens (tertiary/aromatic N) is 2. The molecule has 3 heteroatoms. The summed E-state index contributed by atoms with van der Waals surface area (Å²) < 4.78 is 1.77. The Hall–Kier alpha value is -3.25. The molecule has 0 fully saturated rings. The summed E-state index contributed by atoms with van der Waals surface area (Å²) in [5.74, 6) is 6.50. The zero-order valence-corrected chi connectivity index (χ0v) is 14.4. The number of H-pyrrole nitrogens is 1. The number of aromatic amines is 1. The molecule has 3 nitrogen and oxygen atoms in total. The van der Waals surface area contributed by atoms with Crippen molar-refractivity contribution in [2.45, 2.75) is 13.3 Å². The van der Waals surface area contributed by atoms with Crippen molar-refractivity contribution in [2.24, 2.45) is 7.05 Å². The summed E-state index contributed by atoms with van der Waals surface area (Å²) in [6.07, 6.45) is 2.86. The van der Waals surface area contributed by atoms with E-state index in [2.05, 4.69) is 71.3 Å². The molecule has 0 aliphatic rings. The van der Waals surface area contributed by atoms with E-state index in [1.54, 1.807) is 4.68 Å². The topological polar surface area (TPSA) is 33.6 Å². The highest BCUT2D eigenvalue weighted by atomic mass is 15.2. The molecule has 2 heterocycles. The lowest BCUT2D eigenvalue weighted by Gasteiger charge is -2.04. The molecule has 0 saturated heterocycles. The summed E-state index contributed by atoms with van der Waals surface area (Å²) >= 11 is 0. The van der Waals surface area contributed by atoms with Crippen LogP contribution in [0.3, 0.4) is 0 Å². The Labute approximate surface area is 147 Å². The molecule has 4 aromatic rings. The third-order valence-corrected chi connectivity index (χ3v) is 4.36. The lowest BCUT2D eigenvalue weighted by molar-refractivity contribution is 0.764. The molecule has 2 aromatic heterocycles. The zero-order chi connectivity index (χ0) is 17.2. The van der Waals surface area contributed by atoms with Crippen LogP contribution >= 0.6 is 0 Å². The van der Waals surface area contributed by atoms with Crippen LogP contribution in [0.5, 0.6) is 0 Å². The van der Waals surface area contributed by atoms with Gasteiger partial charge >= 0.3 is 0 Å². The second-order valence-corrected chi connectivity index (χ2v) is 6.05. The monoisotopic (exact) mass is 325 g/mol. The van der Waals surface area contributed by atoms with E-state index in [1.807, 2.05) is 25.4 Å². The smallest absolute Gasteiger partial charge is 0.135 e. The predicted octanol–water partition coefficient (Wildman–Crippen LogP) is 4.53. The van der Waals surface area contributed by atoms with E-state index < -0.39 is 0 Å². The van der Waals surface area contributed by atoms with Crippen LogP contribution in [0.1, 0.15) is 23.9 Å². The van der Waals surface area contributed by atoms with Crippen molar-refractivity contribution in [3.8, 4) is 23.0 Å². The molecule has 122 valence electrons. The van der Waals surface area contributed by atoms with Crippen molar-refractivity contribution in [1.29, 1.82) is 0 Å². The largest absolute Gasteiger partial charge is 0.358 e. The lowest BCUT2D eigenvalue weighted by atomic mass is 9.98. The van der Waals surface area contributed by atoms with Gasteiger partial charge in [-0.2, -0.15) is 5.10 Å². The highest BCUT2D eigenvalue weighted by Gasteiger charge is 2.14. The molecule has 0 unspecified atom stereocenters. The first kappa shape index (κ1) is 15.3. The van der Waals surface area contributed by atoms with Gasteiger partial charge in [-0.15, -0.1) is 0 Å². The summed E-state index contributed by atoms with van der Waals surface area (Å²) in [7, 11) is 1.90. The van der Waals surface area contributed by atoms with E-state index in [0.717, 1.165) is 23.2 Å². The number of benzene rings is 2. The molecule has 0 aliphatic carbocycles. The van der Waals surface area contributed by atoms with Gasteiger partial charge < -0.3 is 4.98 Å². The zero-order valence-electron chi connectivity index (χ0n) is 14.4. The Morgan fingerprint density at radius 2 is 1.84 bits per heavy atom. The fraction of sp³-hybridized carbons (Fsp3) is 0.136. The summed E-state index contributed by atoms with van der Waals surface area (Å²) in [4.78, 5) is 3.57. The van der Waals surface area contributed by atoms with Gasteiger partial charge in [-0.1, -0.05) is 49.2 Å².